The molecule has 6 heteroatoms. The number of aromatic nitrogens is 4. The maximum atomic E-state index is 4.39. The van der Waals surface area contributed by atoms with Crippen LogP contribution in [0, 0.1) is 6.92 Å². The van der Waals surface area contributed by atoms with Crippen molar-refractivity contribution in [2.24, 2.45) is 0 Å². The zero-order valence-electron chi connectivity index (χ0n) is 16.4. The van der Waals surface area contributed by atoms with E-state index in [1.807, 2.05) is 24.7 Å². The molecule has 1 N–H and O–H groups in total. The zero-order chi connectivity index (χ0) is 19.2. The third kappa shape index (κ3) is 4.57. The molecule has 28 heavy (non-hydrogen) atoms. The van der Waals surface area contributed by atoms with Gasteiger partial charge in [-0.05, 0) is 37.8 Å². The van der Waals surface area contributed by atoms with E-state index in [0.717, 1.165) is 50.7 Å². The first-order chi connectivity index (χ1) is 13.8. The number of aryl methyl sites for hydroxylation is 2. The molecule has 146 valence electrons. The van der Waals surface area contributed by atoms with Crippen LogP contribution in [0.2, 0.25) is 0 Å². The van der Waals surface area contributed by atoms with Gasteiger partial charge in [0.1, 0.15) is 5.82 Å². The number of benzene rings is 1. The molecule has 0 aliphatic carbocycles. The summed E-state index contributed by atoms with van der Waals surface area (Å²) in [5.41, 5.74) is 1.36. The molecule has 1 aliphatic heterocycles. The van der Waals surface area contributed by atoms with E-state index in [4.69, 9.17) is 0 Å². The van der Waals surface area contributed by atoms with Crippen molar-refractivity contribution < 1.29 is 0 Å². The van der Waals surface area contributed by atoms with Gasteiger partial charge in [-0.3, -0.25) is 0 Å². The second-order valence-electron chi connectivity index (χ2n) is 7.40. The van der Waals surface area contributed by atoms with Crippen molar-refractivity contribution in [3.63, 3.8) is 0 Å². The van der Waals surface area contributed by atoms with Crippen LogP contribution < -0.4 is 10.2 Å². The lowest BCUT2D eigenvalue weighted by atomic mass is 9.99. The van der Waals surface area contributed by atoms with Crippen LogP contribution >= 0.6 is 0 Å². The zero-order valence-corrected chi connectivity index (χ0v) is 16.4. The summed E-state index contributed by atoms with van der Waals surface area (Å²) in [4.78, 5) is 15.4. The van der Waals surface area contributed by atoms with Gasteiger partial charge in [-0.1, -0.05) is 30.3 Å². The Kier molecular flexibility index (Phi) is 5.97. The second kappa shape index (κ2) is 8.97. The smallest absolute Gasteiger partial charge is 0.225 e. The van der Waals surface area contributed by atoms with Crippen LogP contribution in [-0.2, 0) is 6.54 Å². The number of anilines is 1. The number of hydrogen-bond donors (Lipinski definition) is 1. The van der Waals surface area contributed by atoms with Crippen molar-refractivity contribution in [2.75, 3.05) is 18.0 Å². The highest BCUT2D eigenvalue weighted by molar-refractivity contribution is 5.29. The molecular weight excluding hydrogens is 348 g/mol. The molecule has 1 atom stereocenters. The van der Waals surface area contributed by atoms with Gasteiger partial charge in [-0.2, -0.15) is 0 Å². The monoisotopic (exact) mass is 376 g/mol. The number of piperidine rings is 1. The summed E-state index contributed by atoms with van der Waals surface area (Å²) in [5, 5.41) is 3.92. The number of nitrogens with zero attached hydrogens (tertiary/aromatic N) is 5. The van der Waals surface area contributed by atoms with Crippen LogP contribution in [0.5, 0.6) is 0 Å². The minimum Gasteiger partial charge on any atom is -0.341 e. The molecule has 3 aromatic rings. The molecule has 4 rings (SSSR count). The fourth-order valence-electron chi connectivity index (χ4n) is 3.92. The Morgan fingerprint density at radius 1 is 1.00 bits per heavy atom. The Balaban J connectivity index is 1.38. The molecule has 6 nitrogen and oxygen atoms in total. The minimum absolute atomic E-state index is 0.340. The number of nitrogens with one attached hydrogen (secondary N) is 1. The number of imidazole rings is 1. The molecule has 0 saturated carbocycles. The first-order valence-electron chi connectivity index (χ1n) is 10.1. The fraction of sp³-hybridized carbons (Fsp3) is 0.409. The summed E-state index contributed by atoms with van der Waals surface area (Å²) in [6.07, 6.45) is 10.8. The SMILES string of the molecule is Cc1nccn1CC[C@H](NC1CCN(c2ncccn2)CC1)c1ccccc1. The van der Waals surface area contributed by atoms with Crippen LogP contribution in [0.4, 0.5) is 5.95 Å². The van der Waals surface area contributed by atoms with Gasteiger partial charge in [-0.15, -0.1) is 0 Å². The Morgan fingerprint density at radius 2 is 1.75 bits per heavy atom. The molecule has 1 aliphatic rings. The normalized spacial score (nSPS) is 16.2. The summed E-state index contributed by atoms with van der Waals surface area (Å²) in [6, 6.07) is 13.5. The van der Waals surface area contributed by atoms with Crippen molar-refractivity contribution in [1.82, 2.24) is 24.8 Å². The highest BCUT2D eigenvalue weighted by atomic mass is 15.3. The molecule has 0 bridgehead atoms. The Morgan fingerprint density at radius 3 is 2.43 bits per heavy atom. The van der Waals surface area contributed by atoms with E-state index in [1.165, 1.54) is 5.56 Å². The average Bonchev–Trinajstić information content (AvgIpc) is 3.17. The Labute approximate surface area is 166 Å². The molecular formula is C22H28N6. The predicted molar refractivity (Wildman–Crippen MR) is 111 cm³/mol. The van der Waals surface area contributed by atoms with Gasteiger partial charge in [0.2, 0.25) is 5.95 Å². The van der Waals surface area contributed by atoms with Gasteiger partial charge in [0.15, 0.2) is 0 Å². The summed E-state index contributed by atoms with van der Waals surface area (Å²) in [5.74, 6) is 1.92. The third-order valence-corrected chi connectivity index (χ3v) is 5.55. The van der Waals surface area contributed by atoms with Gasteiger partial charge in [0, 0.05) is 56.5 Å². The van der Waals surface area contributed by atoms with Gasteiger partial charge < -0.3 is 14.8 Å². The highest BCUT2D eigenvalue weighted by Crippen LogP contribution is 2.22. The van der Waals surface area contributed by atoms with Crippen LogP contribution in [0.1, 0.15) is 36.7 Å². The molecule has 1 aromatic carbocycles. The maximum absolute atomic E-state index is 4.39. The summed E-state index contributed by atoms with van der Waals surface area (Å²) in [7, 11) is 0. The lowest BCUT2D eigenvalue weighted by Gasteiger charge is -2.35. The topological polar surface area (TPSA) is 58.9 Å². The van der Waals surface area contributed by atoms with E-state index in [-0.39, 0.29) is 0 Å². The van der Waals surface area contributed by atoms with Crippen molar-refractivity contribution in [3.05, 3.63) is 72.6 Å². The predicted octanol–water partition coefficient (Wildman–Crippen LogP) is 3.37. The van der Waals surface area contributed by atoms with Gasteiger partial charge in [-0.25, -0.2) is 15.0 Å². The molecule has 0 spiro atoms. The number of hydrogen-bond acceptors (Lipinski definition) is 5. The average molecular weight is 377 g/mol. The Bertz CT molecular complexity index is 840. The molecule has 3 heterocycles. The quantitative estimate of drug-likeness (QED) is 0.685. The number of rotatable bonds is 7. The largest absolute Gasteiger partial charge is 0.341 e. The van der Waals surface area contributed by atoms with Crippen LogP contribution in [-0.4, -0.2) is 38.7 Å². The molecule has 1 fully saturated rings. The van der Waals surface area contributed by atoms with E-state index in [9.17, 15) is 0 Å². The standard InChI is InChI=1S/C22H28N6/c1-18-23-13-17-27(18)16-10-21(19-6-3-2-4-7-19)26-20-8-14-28(15-9-20)22-24-11-5-12-25-22/h2-7,11-13,17,20-21,26H,8-10,14-16H2,1H3/t21-/m0/s1. The van der Waals surface area contributed by atoms with Gasteiger partial charge in [0.25, 0.3) is 0 Å². The van der Waals surface area contributed by atoms with Crippen molar-refractivity contribution >= 4 is 5.95 Å². The summed E-state index contributed by atoms with van der Waals surface area (Å²) < 4.78 is 2.23. The van der Waals surface area contributed by atoms with Crippen molar-refractivity contribution in [1.29, 1.82) is 0 Å². The first kappa shape index (κ1) is 18.6. The van der Waals surface area contributed by atoms with Crippen LogP contribution in [0.15, 0.2) is 61.2 Å². The van der Waals surface area contributed by atoms with Gasteiger partial charge in [0.05, 0.1) is 0 Å². The second-order valence-corrected chi connectivity index (χ2v) is 7.40. The summed E-state index contributed by atoms with van der Waals surface area (Å²) in [6.45, 7) is 5.01. The van der Waals surface area contributed by atoms with Crippen molar-refractivity contribution in [3.8, 4) is 0 Å². The molecule has 2 aromatic heterocycles. The van der Waals surface area contributed by atoms with E-state index in [2.05, 4.69) is 73.2 Å². The lowest BCUT2D eigenvalue weighted by molar-refractivity contribution is 0.347. The van der Waals surface area contributed by atoms with E-state index < -0.39 is 0 Å². The molecule has 0 amide bonds. The Hall–Kier alpha value is -2.73. The lowest BCUT2D eigenvalue weighted by Crippen LogP contribution is -2.44. The van der Waals surface area contributed by atoms with Crippen molar-refractivity contribution in [2.45, 2.75) is 44.8 Å². The van der Waals surface area contributed by atoms with E-state index in [0.29, 0.717) is 12.1 Å². The summed E-state index contributed by atoms with van der Waals surface area (Å²) >= 11 is 0. The molecule has 1 saturated heterocycles. The van der Waals surface area contributed by atoms with Crippen LogP contribution in [0.3, 0.4) is 0 Å². The van der Waals surface area contributed by atoms with E-state index in [1.54, 1.807) is 0 Å². The first-order valence-corrected chi connectivity index (χ1v) is 10.1. The fourth-order valence-corrected chi connectivity index (χ4v) is 3.92. The minimum atomic E-state index is 0.340. The van der Waals surface area contributed by atoms with E-state index >= 15 is 0 Å². The van der Waals surface area contributed by atoms with Crippen LogP contribution in [0.25, 0.3) is 0 Å². The third-order valence-electron chi connectivity index (χ3n) is 5.55. The molecule has 0 radical (unpaired) electrons. The highest BCUT2D eigenvalue weighted by Gasteiger charge is 2.23. The molecule has 0 unspecified atom stereocenters. The van der Waals surface area contributed by atoms with Gasteiger partial charge >= 0.3 is 0 Å². The maximum Gasteiger partial charge on any atom is 0.225 e.